The van der Waals surface area contributed by atoms with Gasteiger partial charge in [-0.1, -0.05) is 18.2 Å². The highest BCUT2D eigenvalue weighted by Crippen LogP contribution is 2.46. The standard InChI is InChI=1S/C28H38FN4O12P/c1-16(2)41-25(36)17(3)32-46(39,45-18-10-8-7-9-11-18)40-15-21-20(43-23(34)13-30-27(38)44-28(4,5)6)12-22(42-21)33-14-19(29)24(35)31-26(33)37/h7-11,14,16-17,20-22H,12-13,15H2,1-6H3,(H,30,38)(H,32,39)(H,31,35,37)/t17-,20-,21+,22+,46-/m0/s1. The van der Waals surface area contributed by atoms with Crippen molar-refractivity contribution >= 4 is 25.8 Å². The Bertz CT molecular complexity index is 1540. The summed E-state index contributed by atoms with van der Waals surface area (Å²) < 4.78 is 61.6. The number of nitrogens with zero attached hydrogens (tertiary/aromatic N) is 1. The van der Waals surface area contributed by atoms with Crippen LogP contribution in [-0.4, -0.2) is 70.7 Å². The minimum Gasteiger partial charge on any atom is -0.462 e. The van der Waals surface area contributed by atoms with Gasteiger partial charge >= 0.3 is 31.5 Å². The van der Waals surface area contributed by atoms with Crippen LogP contribution in [0, 0.1) is 5.82 Å². The third-order valence-corrected chi connectivity index (χ3v) is 7.55. The van der Waals surface area contributed by atoms with E-state index in [2.05, 4.69) is 10.4 Å². The third kappa shape index (κ3) is 11.1. The molecule has 1 fully saturated rings. The lowest BCUT2D eigenvalue weighted by Crippen LogP contribution is -2.39. The molecule has 0 unspecified atom stereocenters. The third-order valence-electron chi connectivity index (χ3n) is 5.91. The molecule has 3 N–H and O–H groups in total. The van der Waals surface area contributed by atoms with Crippen LogP contribution in [0.1, 0.15) is 54.2 Å². The number of halogens is 1. The van der Waals surface area contributed by atoms with Gasteiger partial charge in [0.25, 0.3) is 5.56 Å². The van der Waals surface area contributed by atoms with E-state index in [0.717, 1.165) is 4.57 Å². The Hall–Kier alpha value is -4.05. The molecule has 1 amide bonds. The van der Waals surface area contributed by atoms with Crippen molar-refractivity contribution in [2.24, 2.45) is 0 Å². The second kappa shape index (κ2) is 15.5. The Kier molecular flexibility index (Phi) is 12.3. The van der Waals surface area contributed by atoms with Crippen LogP contribution < -0.4 is 26.2 Å². The van der Waals surface area contributed by atoms with Gasteiger partial charge in [-0.3, -0.25) is 28.5 Å². The number of hydrogen-bond acceptors (Lipinski definition) is 12. The fourth-order valence-corrected chi connectivity index (χ4v) is 5.50. The van der Waals surface area contributed by atoms with Crippen LogP contribution in [0.5, 0.6) is 5.75 Å². The number of carbonyl (C=O) groups is 3. The number of ether oxygens (including phenoxy) is 4. The van der Waals surface area contributed by atoms with E-state index < -0.39 is 92.2 Å². The van der Waals surface area contributed by atoms with Crippen LogP contribution in [0.2, 0.25) is 0 Å². The zero-order valence-corrected chi connectivity index (χ0v) is 27.0. The number of aromatic nitrogens is 2. The van der Waals surface area contributed by atoms with Crippen molar-refractivity contribution in [2.45, 2.75) is 84.1 Å². The zero-order chi connectivity index (χ0) is 34.2. The molecule has 5 atom stereocenters. The molecule has 2 aromatic rings. The van der Waals surface area contributed by atoms with Crippen LogP contribution in [-0.2, 0) is 37.6 Å². The van der Waals surface area contributed by atoms with E-state index in [4.69, 9.17) is 28.0 Å². The number of aromatic amines is 1. The Labute approximate surface area is 263 Å². The summed E-state index contributed by atoms with van der Waals surface area (Å²) in [5.74, 6) is -2.82. The number of hydrogen-bond donors (Lipinski definition) is 3. The van der Waals surface area contributed by atoms with Gasteiger partial charge < -0.3 is 28.8 Å². The molecule has 18 heteroatoms. The molecule has 1 aromatic carbocycles. The molecular weight excluding hydrogens is 634 g/mol. The number of carbonyl (C=O) groups excluding carboxylic acids is 3. The molecule has 0 aliphatic carbocycles. The van der Waals surface area contributed by atoms with Crippen molar-refractivity contribution in [3.63, 3.8) is 0 Å². The molecule has 1 saturated heterocycles. The van der Waals surface area contributed by atoms with Gasteiger partial charge in [0.2, 0.25) is 5.82 Å². The van der Waals surface area contributed by atoms with E-state index >= 15 is 0 Å². The van der Waals surface area contributed by atoms with Crippen LogP contribution in [0.4, 0.5) is 9.18 Å². The molecule has 2 heterocycles. The van der Waals surface area contributed by atoms with E-state index in [1.54, 1.807) is 52.8 Å². The first-order valence-electron chi connectivity index (χ1n) is 14.2. The van der Waals surface area contributed by atoms with Gasteiger partial charge in [-0.15, -0.1) is 0 Å². The van der Waals surface area contributed by atoms with Crippen LogP contribution in [0.3, 0.4) is 0 Å². The van der Waals surface area contributed by atoms with Crippen molar-refractivity contribution in [1.29, 1.82) is 0 Å². The average molecular weight is 673 g/mol. The molecule has 1 aliphatic rings. The van der Waals surface area contributed by atoms with Crippen molar-refractivity contribution in [1.82, 2.24) is 20.0 Å². The summed E-state index contributed by atoms with van der Waals surface area (Å²) in [6.07, 6.45) is -4.67. The molecule has 46 heavy (non-hydrogen) atoms. The van der Waals surface area contributed by atoms with Gasteiger partial charge in [-0.05, 0) is 53.7 Å². The minimum absolute atomic E-state index is 0.124. The van der Waals surface area contributed by atoms with Crippen LogP contribution in [0.15, 0.2) is 46.1 Å². The summed E-state index contributed by atoms with van der Waals surface area (Å²) in [7, 11) is -4.39. The SMILES string of the molecule is CC(C)OC(=O)[C@H](C)N[P@](=O)(OC[C@H]1O[C@@H](n2cc(F)c(=O)[nH]c2=O)C[C@@H]1OC(=O)CNC(=O)OC(C)(C)C)Oc1ccccc1. The van der Waals surface area contributed by atoms with E-state index in [9.17, 15) is 32.9 Å². The molecule has 1 aliphatic heterocycles. The first-order valence-corrected chi connectivity index (χ1v) is 15.8. The van der Waals surface area contributed by atoms with Gasteiger partial charge in [0, 0.05) is 6.42 Å². The van der Waals surface area contributed by atoms with Crippen LogP contribution >= 0.6 is 7.75 Å². The molecule has 0 spiro atoms. The minimum atomic E-state index is -4.39. The normalized spacial score (nSPS) is 20.0. The van der Waals surface area contributed by atoms with Gasteiger partial charge in [-0.25, -0.2) is 14.2 Å². The Morgan fingerprint density at radius 3 is 2.46 bits per heavy atom. The van der Waals surface area contributed by atoms with E-state index in [1.165, 1.54) is 19.1 Å². The number of benzene rings is 1. The van der Waals surface area contributed by atoms with E-state index in [-0.39, 0.29) is 12.2 Å². The predicted octanol–water partition coefficient (Wildman–Crippen LogP) is 2.53. The fourth-order valence-electron chi connectivity index (χ4n) is 3.99. The maximum atomic E-state index is 14.1. The highest BCUT2D eigenvalue weighted by molar-refractivity contribution is 7.52. The van der Waals surface area contributed by atoms with Crippen molar-refractivity contribution in [2.75, 3.05) is 13.2 Å². The number of amides is 1. The van der Waals surface area contributed by atoms with Gasteiger partial charge in [0.1, 0.15) is 42.4 Å². The molecular formula is C28H38FN4O12P. The number of alkyl carbamates (subject to hydrolysis) is 1. The second-order valence-electron chi connectivity index (χ2n) is 11.4. The van der Waals surface area contributed by atoms with Gasteiger partial charge in [0.15, 0.2) is 0 Å². The smallest absolute Gasteiger partial charge is 0.459 e. The Morgan fingerprint density at radius 1 is 1.15 bits per heavy atom. The molecule has 0 radical (unpaired) electrons. The van der Waals surface area contributed by atoms with Crippen molar-refractivity contribution in [3.05, 3.63) is 63.2 Å². The summed E-state index contributed by atoms with van der Waals surface area (Å²) >= 11 is 0. The number of esters is 2. The zero-order valence-electron chi connectivity index (χ0n) is 26.1. The Morgan fingerprint density at radius 2 is 1.83 bits per heavy atom. The number of H-pyrrole nitrogens is 1. The Balaban J connectivity index is 1.82. The van der Waals surface area contributed by atoms with E-state index in [0.29, 0.717) is 6.20 Å². The topological polar surface area (TPSA) is 203 Å². The first-order chi connectivity index (χ1) is 21.4. The maximum Gasteiger partial charge on any atom is 0.459 e. The number of para-hydroxylation sites is 1. The molecule has 254 valence electrons. The summed E-state index contributed by atoms with van der Waals surface area (Å²) in [5.41, 5.74) is -3.08. The summed E-state index contributed by atoms with van der Waals surface area (Å²) in [6, 6.07) is 6.75. The second-order valence-corrected chi connectivity index (χ2v) is 13.1. The van der Waals surface area contributed by atoms with E-state index in [1.807, 2.05) is 4.98 Å². The molecule has 0 saturated carbocycles. The molecule has 0 bridgehead atoms. The molecule has 16 nitrogen and oxygen atoms in total. The number of nitrogens with one attached hydrogen (secondary N) is 3. The van der Waals surface area contributed by atoms with Crippen molar-refractivity contribution in [3.8, 4) is 5.75 Å². The lowest BCUT2D eigenvalue weighted by Gasteiger charge is -2.25. The van der Waals surface area contributed by atoms with Crippen molar-refractivity contribution < 1.29 is 51.3 Å². The monoisotopic (exact) mass is 672 g/mol. The first kappa shape index (κ1) is 36.4. The largest absolute Gasteiger partial charge is 0.462 e. The highest BCUT2D eigenvalue weighted by atomic mass is 31.2. The highest BCUT2D eigenvalue weighted by Gasteiger charge is 2.42. The lowest BCUT2D eigenvalue weighted by molar-refractivity contribution is -0.152. The average Bonchev–Trinajstić information content (AvgIpc) is 3.34. The fraction of sp³-hybridized carbons (Fsp3) is 0.536. The predicted molar refractivity (Wildman–Crippen MR) is 158 cm³/mol. The van der Waals surface area contributed by atoms with Gasteiger partial charge in [-0.2, -0.15) is 9.48 Å². The quantitative estimate of drug-likeness (QED) is 0.159. The lowest BCUT2D eigenvalue weighted by atomic mass is 10.2. The number of rotatable bonds is 13. The molecule has 3 rings (SSSR count). The summed E-state index contributed by atoms with van der Waals surface area (Å²) in [6.45, 7) is 8.36. The molecule has 1 aromatic heterocycles. The summed E-state index contributed by atoms with van der Waals surface area (Å²) in [4.78, 5) is 62.9. The van der Waals surface area contributed by atoms with Gasteiger partial charge in [0.05, 0.1) is 18.9 Å². The summed E-state index contributed by atoms with van der Waals surface area (Å²) in [5, 5.41) is 4.76. The van der Waals surface area contributed by atoms with Crippen LogP contribution in [0.25, 0.3) is 0 Å². The maximum absolute atomic E-state index is 14.1.